The molecule has 12 heavy (non-hydrogen) atoms. The zero-order valence-electron chi connectivity index (χ0n) is 6.86. The lowest BCUT2D eigenvalue weighted by Gasteiger charge is -2.17. The van der Waals surface area contributed by atoms with Crippen LogP contribution in [-0.4, -0.2) is 28.5 Å². The normalized spacial score (nSPS) is 22.3. The maximum Gasteiger partial charge on any atom is 0.320 e. The van der Waals surface area contributed by atoms with Crippen molar-refractivity contribution >= 4 is 11.9 Å². The summed E-state index contributed by atoms with van der Waals surface area (Å²) < 4.78 is 0. The molecule has 1 aliphatic heterocycles. The summed E-state index contributed by atoms with van der Waals surface area (Å²) in [5.41, 5.74) is 5.10. The van der Waals surface area contributed by atoms with Crippen molar-refractivity contribution in [1.82, 2.24) is 4.90 Å². The number of hydrogen-bond acceptors (Lipinski definition) is 3. The number of likely N-dealkylation sites (tertiary alicyclic amines) is 1. The first kappa shape index (κ1) is 8.83. The van der Waals surface area contributed by atoms with Gasteiger partial charge < -0.3 is 10.9 Å². The summed E-state index contributed by atoms with van der Waals surface area (Å²) in [7, 11) is 0. The maximum atomic E-state index is 10.8. The first-order chi connectivity index (χ1) is 5.75. The van der Waals surface area contributed by atoms with E-state index in [1.165, 1.54) is 4.90 Å². The average Bonchev–Trinajstić information content (AvgIpc) is 2.27. The van der Waals surface area contributed by atoms with Gasteiger partial charge in [0, 0.05) is 13.0 Å². The van der Waals surface area contributed by atoms with E-state index in [1.54, 1.807) is 0 Å². The quantitative estimate of drug-likeness (QED) is 0.416. The van der Waals surface area contributed by atoms with Crippen LogP contribution in [0.5, 0.6) is 0 Å². The molecular formula is C7H13N3O2. The van der Waals surface area contributed by atoms with Crippen molar-refractivity contribution < 1.29 is 10.0 Å². The molecule has 5 nitrogen and oxygen atoms in total. The number of rotatable bonds is 0. The Hall–Kier alpha value is -1.26. The van der Waals surface area contributed by atoms with Gasteiger partial charge in [-0.05, 0) is 12.8 Å². The van der Waals surface area contributed by atoms with Crippen LogP contribution in [0.2, 0.25) is 0 Å². The van der Waals surface area contributed by atoms with E-state index in [-0.39, 0.29) is 0 Å². The fourth-order valence-corrected chi connectivity index (χ4v) is 1.34. The predicted octanol–water partition coefficient (Wildman–Crippen LogP) is 0.729. The van der Waals surface area contributed by atoms with Crippen LogP contribution < -0.4 is 5.73 Å². The van der Waals surface area contributed by atoms with Crippen molar-refractivity contribution in [2.45, 2.75) is 25.7 Å². The van der Waals surface area contributed by atoms with Crippen LogP contribution in [0.3, 0.4) is 0 Å². The molecule has 2 amide bonds. The van der Waals surface area contributed by atoms with Gasteiger partial charge >= 0.3 is 6.03 Å². The number of amidine groups is 1. The highest BCUT2D eigenvalue weighted by Gasteiger charge is 2.19. The van der Waals surface area contributed by atoms with Crippen molar-refractivity contribution in [3.8, 4) is 0 Å². The lowest BCUT2D eigenvalue weighted by atomic mass is 10.2. The number of oxime groups is 1. The molecule has 1 rings (SSSR count). The van der Waals surface area contributed by atoms with Gasteiger partial charge in [-0.3, -0.25) is 4.90 Å². The van der Waals surface area contributed by atoms with E-state index in [0.717, 1.165) is 19.3 Å². The van der Waals surface area contributed by atoms with E-state index < -0.39 is 6.03 Å². The fourth-order valence-electron chi connectivity index (χ4n) is 1.34. The van der Waals surface area contributed by atoms with E-state index in [2.05, 4.69) is 5.16 Å². The Bertz CT molecular complexity index is 203. The van der Waals surface area contributed by atoms with Crippen LogP contribution in [0, 0.1) is 0 Å². The molecule has 5 heteroatoms. The van der Waals surface area contributed by atoms with Crippen LogP contribution >= 0.6 is 0 Å². The molecule has 1 aliphatic rings. The molecule has 0 unspecified atom stereocenters. The fraction of sp³-hybridized carbons (Fsp3) is 0.714. The topological polar surface area (TPSA) is 78.9 Å². The van der Waals surface area contributed by atoms with E-state index in [9.17, 15) is 4.79 Å². The minimum absolute atomic E-state index is 0.389. The Morgan fingerprint density at radius 2 is 2.25 bits per heavy atom. The first-order valence-electron chi connectivity index (χ1n) is 4.03. The van der Waals surface area contributed by atoms with Gasteiger partial charge in [-0.2, -0.15) is 0 Å². The standard InChI is InChI=1S/C7H13N3O2/c8-7(11)10-5-3-1-2-4-6(10)9-12/h12H,1-5H2,(H2,8,11)/b9-6-. The molecule has 1 fully saturated rings. The molecule has 3 N–H and O–H groups in total. The summed E-state index contributed by atoms with van der Waals surface area (Å²) >= 11 is 0. The van der Waals surface area contributed by atoms with Gasteiger partial charge in [0.2, 0.25) is 0 Å². The van der Waals surface area contributed by atoms with Crippen LogP contribution in [0.1, 0.15) is 25.7 Å². The summed E-state index contributed by atoms with van der Waals surface area (Å²) in [6, 6.07) is -0.537. The molecule has 68 valence electrons. The van der Waals surface area contributed by atoms with Gasteiger partial charge in [0.1, 0.15) is 0 Å². The Labute approximate surface area is 70.8 Å². The zero-order valence-corrected chi connectivity index (χ0v) is 6.86. The molecule has 0 radical (unpaired) electrons. The van der Waals surface area contributed by atoms with Crippen molar-refractivity contribution in [2.24, 2.45) is 10.9 Å². The minimum atomic E-state index is -0.537. The van der Waals surface area contributed by atoms with Crippen molar-refractivity contribution in [3.63, 3.8) is 0 Å². The van der Waals surface area contributed by atoms with Gasteiger partial charge in [-0.15, -0.1) is 0 Å². The summed E-state index contributed by atoms with van der Waals surface area (Å²) in [5.74, 6) is 0.389. The van der Waals surface area contributed by atoms with Crippen LogP contribution in [0.15, 0.2) is 5.16 Å². The van der Waals surface area contributed by atoms with E-state index in [1.807, 2.05) is 0 Å². The van der Waals surface area contributed by atoms with E-state index >= 15 is 0 Å². The molecule has 0 aromatic heterocycles. The van der Waals surface area contributed by atoms with Crippen LogP contribution in [-0.2, 0) is 0 Å². The number of nitrogens with zero attached hydrogens (tertiary/aromatic N) is 2. The number of urea groups is 1. The predicted molar refractivity (Wildman–Crippen MR) is 44.0 cm³/mol. The first-order valence-corrected chi connectivity index (χ1v) is 4.03. The molecule has 0 aromatic rings. The van der Waals surface area contributed by atoms with E-state index in [4.69, 9.17) is 10.9 Å². The van der Waals surface area contributed by atoms with Gasteiger partial charge in [-0.25, -0.2) is 4.79 Å². The Balaban J connectivity index is 2.71. The number of nitrogens with two attached hydrogens (primary N) is 1. The zero-order chi connectivity index (χ0) is 8.97. The third-order valence-electron chi connectivity index (χ3n) is 1.98. The Kier molecular flexibility index (Phi) is 2.90. The molecular weight excluding hydrogens is 158 g/mol. The van der Waals surface area contributed by atoms with Gasteiger partial charge in [0.25, 0.3) is 0 Å². The second-order valence-corrected chi connectivity index (χ2v) is 2.82. The smallest absolute Gasteiger partial charge is 0.320 e. The monoisotopic (exact) mass is 171 g/mol. The summed E-state index contributed by atoms with van der Waals surface area (Å²) in [6.45, 7) is 0.564. The Morgan fingerprint density at radius 3 is 2.83 bits per heavy atom. The third-order valence-corrected chi connectivity index (χ3v) is 1.98. The van der Waals surface area contributed by atoms with Gasteiger partial charge in [-0.1, -0.05) is 11.6 Å². The summed E-state index contributed by atoms with van der Waals surface area (Å²) in [4.78, 5) is 12.2. The molecule has 0 bridgehead atoms. The van der Waals surface area contributed by atoms with Crippen molar-refractivity contribution in [3.05, 3.63) is 0 Å². The van der Waals surface area contributed by atoms with Crippen molar-refractivity contribution in [2.75, 3.05) is 6.54 Å². The van der Waals surface area contributed by atoms with Crippen molar-refractivity contribution in [1.29, 1.82) is 0 Å². The number of carbonyl (C=O) groups is 1. The molecule has 0 atom stereocenters. The van der Waals surface area contributed by atoms with Gasteiger partial charge in [0.15, 0.2) is 5.84 Å². The lowest BCUT2D eigenvalue weighted by molar-refractivity contribution is 0.226. The van der Waals surface area contributed by atoms with Crippen LogP contribution in [0.4, 0.5) is 4.79 Å². The number of carbonyl (C=O) groups excluding carboxylic acids is 1. The minimum Gasteiger partial charge on any atom is -0.409 e. The maximum absolute atomic E-state index is 10.8. The lowest BCUT2D eigenvalue weighted by Crippen LogP contribution is -2.40. The molecule has 0 saturated carbocycles. The number of hydrogen-bond donors (Lipinski definition) is 2. The SMILES string of the molecule is NC(=O)N1CCCCC/C1=N/O. The largest absolute Gasteiger partial charge is 0.409 e. The third kappa shape index (κ3) is 1.87. The van der Waals surface area contributed by atoms with Gasteiger partial charge in [0.05, 0.1) is 0 Å². The van der Waals surface area contributed by atoms with Crippen LogP contribution in [0.25, 0.3) is 0 Å². The van der Waals surface area contributed by atoms with E-state index in [0.29, 0.717) is 18.8 Å². The molecule has 0 aliphatic carbocycles. The highest BCUT2D eigenvalue weighted by molar-refractivity contribution is 5.96. The molecule has 0 spiro atoms. The molecule has 1 saturated heterocycles. The average molecular weight is 171 g/mol. The number of amides is 2. The number of primary amides is 1. The molecule has 0 aromatic carbocycles. The second kappa shape index (κ2) is 3.94. The highest BCUT2D eigenvalue weighted by Crippen LogP contribution is 2.11. The second-order valence-electron chi connectivity index (χ2n) is 2.82. The summed E-state index contributed by atoms with van der Waals surface area (Å²) in [5, 5.41) is 11.6. The summed E-state index contributed by atoms with van der Waals surface area (Å²) in [6.07, 6.45) is 3.54. The Morgan fingerprint density at radius 1 is 1.50 bits per heavy atom. The highest BCUT2D eigenvalue weighted by atomic mass is 16.4. The molecule has 1 heterocycles.